The van der Waals surface area contributed by atoms with Crippen LogP contribution in [0.15, 0.2) is 66.9 Å². The molecule has 3 aromatic rings. The summed E-state index contributed by atoms with van der Waals surface area (Å²) in [5.74, 6) is 0.805. The van der Waals surface area contributed by atoms with Crippen LogP contribution in [0.2, 0.25) is 0 Å². The summed E-state index contributed by atoms with van der Waals surface area (Å²) in [7, 11) is 1.59. The van der Waals surface area contributed by atoms with Gasteiger partial charge in [0.25, 0.3) is 5.91 Å². The zero-order chi connectivity index (χ0) is 22.2. The normalized spacial score (nSPS) is 11.3. The van der Waals surface area contributed by atoms with Crippen LogP contribution in [0.5, 0.6) is 5.75 Å². The fraction of sp³-hybridized carbons (Fsp3) is 0.208. The third-order valence-electron chi connectivity index (χ3n) is 4.78. The Hall–Kier alpha value is -3.87. The largest absolute Gasteiger partial charge is 0.495 e. The molecule has 0 aliphatic carbocycles. The van der Waals surface area contributed by atoms with Gasteiger partial charge in [0.2, 0.25) is 5.91 Å². The summed E-state index contributed by atoms with van der Waals surface area (Å²) >= 11 is 0. The van der Waals surface area contributed by atoms with E-state index >= 15 is 0 Å². The molecule has 1 aromatic heterocycles. The van der Waals surface area contributed by atoms with Crippen LogP contribution in [0.3, 0.4) is 0 Å². The molecule has 0 bridgehead atoms. The van der Waals surface area contributed by atoms with E-state index in [0.29, 0.717) is 23.6 Å². The summed E-state index contributed by atoms with van der Waals surface area (Å²) < 4.78 is 5.36. The predicted octanol–water partition coefficient (Wildman–Crippen LogP) is 4.67. The molecule has 3 N–H and O–H groups in total. The summed E-state index contributed by atoms with van der Waals surface area (Å²) in [5.41, 5.74) is 2.79. The number of nitrogens with zero attached hydrogens (tertiary/aromatic N) is 1. The third-order valence-corrected chi connectivity index (χ3v) is 4.78. The minimum atomic E-state index is -0.249. The molecule has 7 heteroatoms. The van der Waals surface area contributed by atoms with Gasteiger partial charge in [-0.25, -0.2) is 4.98 Å². The molecule has 31 heavy (non-hydrogen) atoms. The summed E-state index contributed by atoms with van der Waals surface area (Å²) in [4.78, 5) is 28.8. The summed E-state index contributed by atoms with van der Waals surface area (Å²) in [6, 6.07) is 18.1. The minimum Gasteiger partial charge on any atom is -0.495 e. The quantitative estimate of drug-likeness (QED) is 0.494. The monoisotopic (exact) mass is 418 g/mol. The number of pyridine rings is 1. The number of nitrogens with one attached hydrogen (secondary N) is 3. The number of para-hydroxylation sites is 2. The first-order chi connectivity index (χ1) is 15.0. The van der Waals surface area contributed by atoms with Gasteiger partial charge in [-0.05, 0) is 48.9 Å². The Balaban J connectivity index is 1.72. The van der Waals surface area contributed by atoms with Gasteiger partial charge in [-0.3, -0.25) is 9.59 Å². The average molecular weight is 418 g/mol. The molecule has 0 radical (unpaired) electrons. The molecule has 0 saturated heterocycles. The second kappa shape index (κ2) is 10.2. The maximum Gasteiger partial charge on any atom is 0.255 e. The van der Waals surface area contributed by atoms with Crippen molar-refractivity contribution in [2.24, 2.45) is 0 Å². The highest BCUT2D eigenvalue weighted by atomic mass is 16.5. The molecular weight excluding hydrogens is 392 g/mol. The van der Waals surface area contributed by atoms with Crippen molar-refractivity contribution in [1.29, 1.82) is 0 Å². The Morgan fingerprint density at radius 1 is 1.03 bits per heavy atom. The molecule has 0 saturated carbocycles. The fourth-order valence-electron chi connectivity index (χ4n) is 3.03. The maximum atomic E-state index is 13.0. The molecule has 0 aliphatic heterocycles. The van der Waals surface area contributed by atoms with Crippen LogP contribution in [0.4, 0.5) is 17.2 Å². The van der Waals surface area contributed by atoms with Crippen LogP contribution < -0.4 is 20.7 Å². The molecule has 0 fully saturated rings. The lowest BCUT2D eigenvalue weighted by Gasteiger charge is -2.17. The summed E-state index contributed by atoms with van der Waals surface area (Å²) in [6.07, 6.45) is 2.05. The zero-order valence-electron chi connectivity index (χ0n) is 17.8. The Morgan fingerprint density at radius 3 is 2.48 bits per heavy atom. The van der Waals surface area contributed by atoms with Crippen molar-refractivity contribution in [3.05, 3.63) is 78.0 Å². The number of benzene rings is 2. The zero-order valence-corrected chi connectivity index (χ0v) is 17.8. The lowest BCUT2D eigenvalue weighted by molar-refractivity contribution is -0.115. The molecule has 1 atom stereocenters. The maximum absolute atomic E-state index is 13.0. The number of carbonyl (C=O) groups excluding carboxylic acids is 2. The number of methoxy groups -OCH3 is 1. The van der Waals surface area contributed by atoms with Gasteiger partial charge in [0.05, 0.1) is 24.4 Å². The molecule has 1 unspecified atom stereocenters. The van der Waals surface area contributed by atoms with Crippen molar-refractivity contribution in [3.8, 4) is 5.75 Å². The smallest absolute Gasteiger partial charge is 0.255 e. The summed E-state index contributed by atoms with van der Waals surface area (Å²) in [5, 5.41) is 8.99. The Labute approximate surface area is 181 Å². The van der Waals surface area contributed by atoms with E-state index in [2.05, 4.69) is 20.9 Å². The van der Waals surface area contributed by atoms with E-state index in [9.17, 15) is 9.59 Å². The molecule has 2 aromatic carbocycles. The van der Waals surface area contributed by atoms with E-state index in [4.69, 9.17) is 4.74 Å². The molecule has 160 valence electrons. The second-order valence-corrected chi connectivity index (χ2v) is 6.94. The Kier molecular flexibility index (Phi) is 7.22. The van der Waals surface area contributed by atoms with Crippen molar-refractivity contribution in [1.82, 2.24) is 10.3 Å². The lowest BCUT2D eigenvalue weighted by Crippen LogP contribution is -2.27. The summed E-state index contributed by atoms with van der Waals surface area (Å²) in [6.45, 7) is 3.71. The minimum absolute atomic E-state index is 0.0410. The number of anilines is 3. The van der Waals surface area contributed by atoms with Crippen LogP contribution in [0.1, 0.15) is 42.2 Å². The van der Waals surface area contributed by atoms with Crippen molar-refractivity contribution in [2.75, 3.05) is 17.7 Å². The van der Waals surface area contributed by atoms with Crippen LogP contribution in [0, 0.1) is 0 Å². The molecule has 0 aliphatic rings. The topological polar surface area (TPSA) is 92.4 Å². The SMILES string of the molecule is CCC(=O)Nc1ccc(C(C)NC(=O)c2cccnc2Nc2ccccc2OC)cc1. The van der Waals surface area contributed by atoms with Gasteiger partial charge >= 0.3 is 0 Å². The van der Waals surface area contributed by atoms with Crippen LogP contribution in [-0.2, 0) is 4.79 Å². The van der Waals surface area contributed by atoms with Gasteiger partial charge in [0, 0.05) is 18.3 Å². The standard InChI is InChI=1S/C24H26N4O3/c1-4-22(29)27-18-13-11-17(12-14-18)16(2)26-24(30)19-8-7-15-25-23(19)28-20-9-5-6-10-21(20)31-3/h5-16H,4H2,1-3H3,(H,25,28)(H,26,30)(H,27,29). The van der Waals surface area contributed by atoms with Crippen molar-refractivity contribution >= 4 is 29.0 Å². The fourth-order valence-corrected chi connectivity index (χ4v) is 3.03. The van der Waals surface area contributed by atoms with E-state index in [-0.39, 0.29) is 17.9 Å². The van der Waals surface area contributed by atoms with E-state index in [1.165, 1.54) is 0 Å². The second-order valence-electron chi connectivity index (χ2n) is 6.94. The Bertz CT molecular complexity index is 1050. The molecule has 3 rings (SSSR count). The number of hydrogen-bond donors (Lipinski definition) is 3. The van der Waals surface area contributed by atoms with Crippen LogP contribution >= 0.6 is 0 Å². The number of carbonyl (C=O) groups is 2. The van der Waals surface area contributed by atoms with E-state index in [0.717, 1.165) is 16.9 Å². The van der Waals surface area contributed by atoms with Crippen LogP contribution in [-0.4, -0.2) is 23.9 Å². The Morgan fingerprint density at radius 2 is 1.77 bits per heavy atom. The van der Waals surface area contributed by atoms with Crippen molar-refractivity contribution < 1.29 is 14.3 Å². The third kappa shape index (κ3) is 5.60. The van der Waals surface area contributed by atoms with Crippen LogP contribution in [0.25, 0.3) is 0 Å². The van der Waals surface area contributed by atoms with Gasteiger partial charge in [0.15, 0.2) is 0 Å². The first kappa shape index (κ1) is 21.8. The number of rotatable bonds is 8. The van der Waals surface area contributed by atoms with E-state index in [1.54, 1.807) is 32.4 Å². The number of aromatic nitrogens is 1. The molecule has 7 nitrogen and oxygen atoms in total. The number of hydrogen-bond acceptors (Lipinski definition) is 5. The van der Waals surface area contributed by atoms with Gasteiger partial charge in [-0.15, -0.1) is 0 Å². The first-order valence-corrected chi connectivity index (χ1v) is 10.1. The molecule has 0 spiro atoms. The molecule has 2 amide bonds. The number of amides is 2. The first-order valence-electron chi connectivity index (χ1n) is 10.1. The van der Waals surface area contributed by atoms with Gasteiger partial charge in [-0.1, -0.05) is 31.2 Å². The predicted molar refractivity (Wildman–Crippen MR) is 122 cm³/mol. The van der Waals surface area contributed by atoms with Crippen molar-refractivity contribution in [3.63, 3.8) is 0 Å². The average Bonchev–Trinajstić information content (AvgIpc) is 2.80. The lowest BCUT2D eigenvalue weighted by atomic mass is 10.1. The van der Waals surface area contributed by atoms with E-state index < -0.39 is 0 Å². The van der Waals surface area contributed by atoms with Gasteiger partial charge < -0.3 is 20.7 Å². The molecule has 1 heterocycles. The van der Waals surface area contributed by atoms with Gasteiger partial charge in [-0.2, -0.15) is 0 Å². The van der Waals surface area contributed by atoms with Gasteiger partial charge in [0.1, 0.15) is 11.6 Å². The highest BCUT2D eigenvalue weighted by Gasteiger charge is 2.17. The highest BCUT2D eigenvalue weighted by Crippen LogP contribution is 2.28. The van der Waals surface area contributed by atoms with Crippen molar-refractivity contribution in [2.45, 2.75) is 26.3 Å². The number of ether oxygens (including phenoxy) is 1. The van der Waals surface area contributed by atoms with E-state index in [1.807, 2.05) is 55.5 Å². The molecular formula is C24H26N4O3. The highest BCUT2D eigenvalue weighted by molar-refractivity contribution is 5.99.